The third kappa shape index (κ3) is 5.37. The SMILES string of the molecule is Cc1ccc(S(=O)(=O)N(C)CC(=O)NCCc2ccc(F)cc2)cc1. The van der Waals surface area contributed by atoms with Crippen molar-refractivity contribution in [2.24, 2.45) is 0 Å². The molecule has 0 unspecified atom stereocenters. The van der Waals surface area contributed by atoms with Crippen LogP contribution in [0.2, 0.25) is 0 Å². The Morgan fingerprint density at radius 3 is 2.28 bits per heavy atom. The molecule has 0 saturated heterocycles. The van der Waals surface area contributed by atoms with Gasteiger partial charge in [0.25, 0.3) is 0 Å². The maximum atomic E-state index is 12.8. The van der Waals surface area contributed by atoms with Crippen LogP contribution in [0.25, 0.3) is 0 Å². The molecule has 25 heavy (non-hydrogen) atoms. The summed E-state index contributed by atoms with van der Waals surface area (Å²) in [5.74, 6) is -0.698. The summed E-state index contributed by atoms with van der Waals surface area (Å²) < 4.78 is 38.7. The molecule has 134 valence electrons. The fourth-order valence-corrected chi connectivity index (χ4v) is 3.36. The second-order valence-corrected chi connectivity index (χ2v) is 7.85. The summed E-state index contributed by atoms with van der Waals surface area (Å²) in [5, 5.41) is 2.67. The molecule has 1 amide bonds. The fourth-order valence-electron chi connectivity index (χ4n) is 2.23. The maximum Gasteiger partial charge on any atom is 0.243 e. The Balaban J connectivity index is 1.86. The average Bonchev–Trinajstić information content (AvgIpc) is 2.57. The Morgan fingerprint density at radius 1 is 1.08 bits per heavy atom. The lowest BCUT2D eigenvalue weighted by Crippen LogP contribution is -2.39. The largest absolute Gasteiger partial charge is 0.355 e. The van der Waals surface area contributed by atoms with Crippen LogP contribution >= 0.6 is 0 Å². The van der Waals surface area contributed by atoms with Crippen molar-refractivity contribution >= 4 is 15.9 Å². The van der Waals surface area contributed by atoms with Gasteiger partial charge in [0.05, 0.1) is 11.4 Å². The number of nitrogens with zero attached hydrogens (tertiary/aromatic N) is 1. The van der Waals surface area contributed by atoms with Gasteiger partial charge in [-0.3, -0.25) is 4.79 Å². The summed E-state index contributed by atoms with van der Waals surface area (Å²) in [5.41, 5.74) is 1.85. The van der Waals surface area contributed by atoms with Crippen molar-refractivity contribution in [3.8, 4) is 0 Å². The van der Waals surface area contributed by atoms with Crippen molar-refractivity contribution in [3.05, 3.63) is 65.5 Å². The standard InChI is InChI=1S/C18H21FN2O3S/c1-14-3-9-17(10-4-14)25(23,24)21(2)13-18(22)20-12-11-15-5-7-16(19)8-6-15/h3-10H,11-13H2,1-2H3,(H,20,22). The van der Waals surface area contributed by atoms with E-state index in [2.05, 4.69) is 5.32 Å². The molecule has 0 atom stereocenters. The van der Waals surface area contributed by atoms with E-state index in [0.717, 1.165) is 15.4 Å². The zero-order chi connectivity index (χ0) is 18.4. The number of benzene rings is 2. The van der Waals surface area contributed by atoms with Gasteiger partial charge in [0, 0.05) is 13.6 Å². The molecule has 2 aromatic carbocycles. The molecule has 0 aliphatic rings. The first-order valence-corrected chi connectivity index (χ1v) is 9.27. The lowest BCUT2D eigenvalue weighted by atomic mass is 10.1. The number of carbonyl (C=O) groups is 1. The maximum absolute atomic E-state index is 12.8. The Bertz CT molecular complexity index is 818. The Labute approximate surface area is 147 Å². The highest BCUT2D eigenvalue weighted by Gasteiger charge is 2.22. The van der Waals surface area contributed by atoms with Crippen LogP contribution in [0.15, 0.2) is 53.4 Å². The second-order valence-electron chi connectivity index (χ2n) is 5.80. The van der Waals surface area contributed by atoms with E-state index in [-0.39, 0.29) is 23.2 Å². The van der Waals surface area contributed by atoms with Gasteiger partial charge in [-0.05, 0) is 43.2 Å². The van der Waals surface area contributed by atoms with E-state index in [1.54, 1.807) is 24.3 Å². The monoisotopic (exact) mass is 364 g/mol. The van der Waals surface area contributed by atoms with Gasteiger partial charge in [0.2, 0.25) is 15.9 Å². The first-order valence-electron chi connectivity index (χ1n) is 7.83. The number of sulfonamides is 1. The fraction of sp³-hybridized carbons (Fsp3) is 0.278. The molecule has 0 bridgehead atoms. The van der Waals surface area contributed by atoms with Gasteiger partial charge < -0.3 is 5.32 Å². The molecule has 5 nitrogen and oxygen atoms in total. The van der Waals surface area contributed by atoms with Gasteiger partial charge in [-0.1, -0.05) is 29.8 Å². The molecule has 1 N–H and O–H groups in total. The molecule has 0 heterocycles. The quantitative estimate of drug-likeness (QED) is 0.818. The van der Waals surface area contributed by atoms with E-state index in [9.17, 15) is 17.6 Å². The van der Waals surface area contributed by atoms with Crippen molar-refractivity contribution < 1.29 is 17.6 Å². The van der Waals surface area contributed by atoms with E-state index in [1.807, 2.05) is 6.92 Å². The molecule has 2 aromatic rings. The third-order valence-electron chi connectivity index (χ3n) is 3.74. The average molecular weight is 364 g/mol. The minimum atomic E-state index is -3.70. The van der Waals surface area contributed by atoms with Gasteiger partial charge in [0.1, 0.15) is 5.82 Å². The summed E-state index contributed by atoms with van der Waals surface area (Å²) in [4.78, 5) is 12.1. The number of rotatable bonds is 7. The van der Waals surface area contributed by atoms with Crippen molar-refractivity contribution in [1.29, 1.82) is 0 Å². The first-order chi connectivity index (χ1) is 11.8. The smallest absolute Gasteiger partial charge is 0.243 e. The molecule has 0 radical (unpaired) electrons. The molecule has 0 fully saturated rings. The van der Waals surface area contributed by atoms with E-state index < -0.39 is 10.0 Å². The molecular formula is C18H21FN2O3S. The lowest BCUT2D eigenvalue weighted by Gasteiger charge is -2.17. The van der Waals surface area contributed by atoms with Crippen molar-refractivity contribution in [3.63, 3.8) is 0 Å². The van der Waals surface area contributed by atoms with Crippen LogP contribution < -0.4 is 5.32 Å². The predicted molar refractivity (Wildman–Crippen MR) is 94.1 cm³/mol. The third-order valence-corrected chi connectivity index (χ3v) is 5.56. The van der Waals surface area contributed by atoms with Gasteiger partial charge in [-0.25, -0.2) is 12.8 Å². The number of hydrogen-bond donors (Lipinski definition) is 1. The molecule has 7 heteroatoms. The van der Waals surface area contributed by atoms with Crippen molar-refractivity contribution in [2.45, 2.75) is 18.2 Å². The molecule has 0 aliphatic carbocycles. The molecule has 0 saturated carbocycles. The van der Waals surface area contributed by atoms with Crippen molar-refractivity contribution in [1.82, 2.24) is 9.62 Å². The van der Waals surface area contributed by atoms with Crippen LogP contribution in [0.4, 0.5) is 4.39 Å². The number of halogens is 1. The summed E-state index contributed by atoms with van der Waals surface area (Å²) in [6, 6.07) is 12.5. The normalized spacial score (nSPS) is 11.5. The van der Waals surface area contributed by atoms with E-state index in [1.165, 1.54) is 31.3 Å². The number of amides is 1. The Morgan fingerprint density at radius 2 is 1.68 bits per heavy atom. The first kappa shape index (κ1) is 19.1. The van der Waals surface area contributed by atoms with E-state index in [4.69, 9.17) is 0 Å². The Kier molecular flexibility index (Phi) is 6.27. The number of hydrogen-bond acceptors (Lipinski definition) is 3. The highest BCUT2D eigenvalue weighted by molar-refractivity contribution is 7.89. The summed E-state index contributed by atoms with van der Waals surface area (Å²) in [7, 11) is -2.33. The number of nitrogens with one attached hydrogen (secondary N) is 1. The zero-order valence-electron chi connectivity index (χ0n) is 14.2. The van der Waals surface area contributed by atoms with Crippen LogP contribution in [0.1, 0.15) is 11.1 Å². The highest BCUT2D eigenvalue weighted by atomic mass is 32.2. The summed E-state index contributed by atoms with van der Waals surface area (Å²) in [6.07, 6.45) is 0.542. The summed E-state index contributed by atoms with van der Waals surface area (Å²) >= 11 is 0. The number of carbonyl (C=O) groups excluding carboxylic acids is 1. The lowest BCUT2D eigenvalue weighted by molar-refractivity contribution is -0.121. The molecule has 0 aliphatic heterocycles. The van der Waals surface area contributed by atoms with E-state index in [0.29, 0.717) is 13.0 Å². The number of likely N-dealkylation sites (N-methyl/N-ethyl adjacent to an activating group) is 1. The minimum Gasteiger partial charge on any atom is -0.355 e. The molecule has 0 aromatic heterocycles. The second kappa shape index (κ2) is 8.22. The highest BCUT2D eigenvalue weighted by Crippen LogP contribution is 2.14. The van der Waals surface area contributed by atoms with Crippen molar-refractivity contribution in [2.75, 3.05) is 20.1 Å². The van der Waals surface area contributed by atoms with Crippen LogP contribution in [-0.2, 0) is 21.2 Å². The summed E-state index contributed by atoms with van der Waals surface area (Å²) in [6.45, 7) is 1.96. The Hall–Kier alpha value is -2.25. The molecule has 2 rings (SSSR count). The van der Waals surface area contributed by atoms with Gasteiger partial charge >= 0.3 is 0 Å². The van der Waals surface area contributed by atoms with Crippen LogP contribution in [-0.4, -0.2) is 38.8 Å². The van der Waals surface area contributed by atoms with Gasteiger partial charge in [-0.15, -0.1) is 0 Å². The molecular weight excluding hydrogens is 343 g/mol. The predicted octanol–water partition coefficient (Wildman–Crippen LogP) is 2.11. The minimum absolute atomic E-state index is 0.153. The van der Waals surface area contributed by atoms with Gasteiger partial charge in [-0.2, -0.15) is 4.31 Å². The van der Waals surface area contributed by atoms with Crippen LogP contribution in [0.3, 0.4) is 0 Å². The van der Waals surface area contributed by atoms with Gasteiger partial charge in [0.15, 0.2) is 0 Å². The molecule has 0 spiro atoms. The topological polar surface area (TPSA) is 66.5 Å². The van der Waals surface area contributed by atoms with E-state index >= 15 is 0 Å². The van der Waals surface area contributed by atoms with Crippen LogP contribution in [0, 0.1) is 12.7 Å². The zero-order valence-corrected chi connectivity index (χ0v) is 15.0. The number of aryl methyl sites for hydroxylation is 1. The van der Waals surface area contributed by atoms with Crippen LogP contribution in [0.5, 0.6) is 0 Å².